The summed E-state index contributed by atoms with van der Waals surface area (Å²) in [5.74, 6) is 1.32. The molecular formula is C18H15ClF3N3O2. The fourth-order valence-electron chi connectivity index (χ4n) is 2.61. The first kappa shape index (κ1) is 19.0. The Labute approximate surface area is 158 Å². The molecular weight excluding hydrogens is 383 g/mol. The van der Waals surface area contributed by atoms with Gasteiger partial charge in [0.2, 0.25) is 5.28 Å². The van der Waals surface area contributed by atoms with Crippen LogP contribution in [0.4, 0.5) is 19.0 Å². The van der Waals surface area contributed by atoms with Gasteiger partial charge in [-0.15, -0.1) is 0 Å². The highest BCUT2D eigenvalue weighted by Crippen LogP contribution is 2.35. The third-order valence-corrected chi connectivity index (χ3v) is 4.06. The molecule has 0 spiro atoms. The molecule has 142 valence electrons. The number of hydrogen-bond acceptors (Lipinski definition) is 5. The molecule has 27 heavy (non-hydrogen) atoms. The van der Waals surface area contributed by atoms with Crippen molar-refractivity contribution in [1.29, 1.82) is 0 Å². The summed E-state index contributed by atoms with van der Waals surface area (Å²) in [5.41, 5.74) is 0.256. The second-order valence-corrected chi connectivity index (χ2v) is 5.96. The van der Waals surface area contributed by atoms with E-state index in [1.165, 1.54) is 20.3 Å². The quantitative estimate of drug-likeness (QED) is 0.618. The van der Waals surface area contributed by atoms with Crippen LogP contribution in [0.2, 0.25) is 5.28 Å². The first-order chi connectivity index (χ1) is 12.8. The fourth-order valence-corrected chi connectivity index (χ4v) is 2.78. The zero-order valence-electron chi connectivity index (χ0n) is 14.4. The Bertz CT molecular complexity index is 980. The number of fused-ring (bicyclic) bond motifs is 1. The van der Waals surface area contributed by atoms with Gasteiger partial charge in [-0.1, -0.05) is 12.1 Å². The van der Waals surface area contributed by atoms with E-state index in [1.807, 2.05) is 0 Å². The van der Waals surface area contributed by atoms with Crippen LogP contribution >= 0.6 is 11.6 Å². The molecule has 0 aliphatic rings. The number of nitrogens with zero attached hydrogens (tertiary/aromatic N) is 2. The molecule has 0 aliphatic carbocycles. The van der Waals surface area contributed by atoms with Gasteiger partial charge in [0.05, 0.1) is 25.3 Å². The van der Waals surface area contributed by atoms with E-state index in [4.69, 9.17) is 21.1 Å². The Hall–Kier alpha value is -2.74. The average molecular weight is 398 g/mol. The largest absolute Gasteiger partial charge is 0.493 e. The summed E-state index contributed by atoms with van der Waals surface area (Å²) in [4.78, 5) is 8.29. The highest BCUT2D eigenvalue weighted by Gasteiger charge is 2.30. The normalized spacial score (nSPS) is 11.5. The minimum atomic E-state index is -4.40. The van der Waals surface area contributed by atoms with Crippen molar-refractivity contribution in [2.75, 3.05) is 19.5 Å². The molecule has 1 heterocycles. The maximum absolute atomic E-state index is 12.9. The first-order valence-corrected chi connectivity index (χ1v) is 8.19. The van der Waals surface area contributed by atoms with Crippen molar-refractivity contribution in [3.63, 3.8) is 0 Å². The van der Waals surface area contributed by atoms with Crippen LogP contribution in [0.3, 0.4) is 0 Å². The molecule has 0 amide bonds. The highest BCUT2D eigenvalue weighted by molar-refractivity contribution is 6.28. The molecule has 0 aliphatic heterocycles. The van der Waals surface area contributed by atoms with Crippen LogP contribution in [-0.4, -0.2) is 24.2 Å². The van der Waals surface area contributed by atoms with E-state index in [0.29, 0.717) is 33.8 Å². The molecule has 9 heteroatoms. The maximum Gasteiger partial charge on any atom is 0.416 e. The summed E-state index contributed by atoms with van der Waals surface area (Å²) in [6, 6.07) is 8.39. The van der Waals surface area contributed by atoms with E-state index in [9.17, 15) is 13.2 Å². The smallest absolute Gasteiger partial charge is 0.416 e. The zero-order valence-corrected chi connectivity index (χ0v) is 15.1. The summed E-state index contributed by atoms with van der Waals surface area (Å²) in [6.07, 6.45) is -4.40. The molecule has 1 aromatic heterocycles. The first-order valence-electron chi connectivity index (χ1n) is 7.81. The molecule has 0 bridgehead atoms. The second-order valence-electron chi connectivity index (χ2n) is 5.62. The van der Waals surface area contributed by atoms with Crippen LogP contribution in [0.25, 0.3) is 10.9 Å². The molecule has 0 atom stereocenters. The second kappa shape index (κ2) is 7.48. The molecule has 0 fully saturated rings. The Morgan fingerprint density at radius 2 is 1.74 bits per heavy atom. The lowest BCUT2D eigenvalue weighted by atomic mass is 10.1. The Morgan fingerprint density at radius 1 is 1.04 bits per heavy atom. The number of anilines is 1. The van der Waals surface area contributed by atoms with E-state index in [2.05, 4.69) is 15.3 Å². The monoisotopic (exact) mass is 397 g/mol. The Balaban J connectivity index is 1.95. The summed E-state index contributed by atoms with van der Waals surface area (Å²) in [6.45, 7) is 0.126. The molecule has 0 radical (unpaired) electrons. The topological polar surface area (TPSA) is 56.3 Å². The van der Waals surface area contributed by atoms with Crippen molar-refractivity contribution in [2.45, 2.75) is 12.7 Å². The van der Waals surface area contributed by atoms with Crippen molar-refractivity contribution in [3.8, 4) is 11.5 Å². The highest BCUT2D eigenvalue weighted by atomic mass is 35.5. The van der Waals surface area contributed by atoms with Gasteiger partial charge < -0.3 is 14.8 Å². The van der Waals surface area contributed by atoms with Crippen molar-refractivity contribution in [1.82, 2.24) is 9.97 Å². The standard InChI is InChI=1S/C18H15ClF3N3O2/c1-26-14-7-12-13(8-15(14)27-2)24-17(19)25-16(12)23-9-10-4-3-5-11(6-10)18(20,21)22/h3-8H,9H2,1-2H3,(H,23,24,25). The summed E-state index contributed by atoms with van der Waals surface area (Å²) in [5, 5.41) is 3.62. The number of methoxy groups -OCH3 is 2. The van der Waals surface area contributed by atoms with E-state index in [0.717, 1.165) is 12.1 Å². The van der Waals surface area contributed by atoms with E-state index in [-0.39, 0.29) is 11.8 Å². The van der Waals surface area contributed by atoms with Gasteiger partial charge in [-0.2, -0.15) is 13.2 Å². The lowest BCUT2D eigenvalue weighted by molar-refractivity contribution is -0.137. The van der Waals surface area contributed by atoms with Gasteiger partial charge in [0.25, 0.3) is 0 Å². The lowest BCUT2D eigenvalue weighted by Gasteiger charge is -2.13. The summed E-state index contributed by atoms with van der Waals surface area (Å²) < 4.78 is 49.1. The van der Waals surface area contributed by atoms with Crippen molar-refractivity contribution in [2.24, 2.45) is 0 Å². The van der Waals surface area contributed by atoms with Crippen LogP contribution < -0.4 is 14.8 Å². The van der Waals surface area contributed by atoms with Crippen LogP contribution in [-0.2, 0) is 12.7 Å². The van der Waals surface area contributed by atoms with Gasteiger partial charge in [0, 0.05) is 18.0 Å². The molecule has 0 saturated heterocycles. The van der Waals surface area contributed by atoms with E-state index < -0.39 is 11.7 Å². The van der Waals surface area contributed by atoms with Gasteiger partial charge in [0.15, 0.2) is 11.5 Å². The molecule has 3 rings (SSSR count). The molecule has 0 saturated carbocycles. The van der Waals surface area contributed by atoms with Gasteiger partial charge >= 0.3 is 6.18 Å². The SMILES string of the molecule is COc1cc2nc(Cl)nc(NCc3cccc(C(F)(F)F)c3)c2cc1OC. The molecule has 1 N–H and O–H groups in total. The number of ether oxygens (including phenoxy) is 2. The molecule has 0 unspecified atom stereocenters. The molecule has 5 nitrogen and oxygen atoms in total. The Morgan fingerprint density at radius 3 is 2.41 bits per heavy atom. The minimum Gasteiger partial charge on any atom is -0.493 e. The lowest BCUT2D eigenvalue weighted by Crippen LogP contribution is -2.08. The summed E-state index contributed by atoms with van der Waals surface area (Å²) in [7, 11) is 3.00. The maximum atomic E-state index is 12.9. The molecule has 3 aromatic rings. The average Bonchev–Trinajstić information content (AvgIpc) is 2.64. The predicted octanol–water partition coefficient (Wildman–Crippen LogP) is 4.93. The van der Waals surface area contributed by atoms with Crippen molar-refractivity contribution >= 4 is 28.3 Å². The van der Waals surface area contributed by atoms with Gasteiger partial charge in [-0.3, -0.25) is 0 Å². The Kier molecular flexibility index (Phi) is 5.27. The van der Waals surface area contributed by atoms with Crippen LogP contribution in [0.1, 0.15) is 11.1 Å². The number of halogens is 4. The number of aromatic nitrogens is 2. The third-order valence-electron chi connectivity index (χ3n) is 3.89. The fraction of sp³-hybridized carbons (Fsp3) is 0.222. The number of benzene rings is 2. The predicted molar refractivity (Wildman–Crippen MR) is 96.4 cm³/mol. The van der Waals surface area contributed by atoms with Gasteiger partial charge in [-0.05, 0) is 35.4 Å². The number of nitrogens with one attached hydrogen (secondary N) is 1. The van der Waals surface area contributed by atoms with Gasteiger partial charge in [-0.25, -0.2) is 9.97 Å². The van der Waals surface area contributed by atoms with E-state index in [1.54, 1.807) is 18.2 Å². The third kappa shape index (κ3) is 4.16. The van der Waals surface area contributed by atoms with Crippen LogP contribution in [0, 0.1) is 0 Å². The van der Waals surface area contributed by atoms with E-state index >= 15 is 0 Å². The van der Waals surface area contributed by atoms with Crippen molar-refractivity contribution in [3.05, 3.63) is 52.8 Å². The minimum absolute atomic E-state index is 0.00117. The van der Waals surface area contributed by atoms with Crippen LogP contribution in [0.15, 0.2) is 36.4 Å². The van der Waals surface area contributed by atoms with Crippen LogP contribution in [0.5, 0.6) is 11.5 Å². The number of alkyl halides is 3. The zero-order chi connectivity index (χ0) is 19.6. The molecule has 2 aromatic carbocycles. The van der Waals surface area contributed by atoms with Gasteiger partial charge in [0.1, 0.15) is 5.82 Å². The number of rotatable bonds is 5. The summed E-state index contributed by atoms with van der Waals surface area (Å²) >= 11 is 5.98. The number of hydrogen-bond donors (Lipinski definition) is 1. The van der Waals surface area contributed by atoms with Crippen molar-refractivity contribution < 1.29 is 22.6 Å².